The van der Waals surface area contributed by atoms with E-state index in [-0.39, 0.29) is 27.4 Å². The third-order valence-electron chi connectivity index (χ3n) is 3.83. The van der Waals surface area contributed by atoms with E-state index in [2.05, 4.69) is 10.1 Å². The number of rotatable bonds is 7. The van der Waals surface area contributed by atoms with Crippen molar-refractivity contribution in [3.8, 4) is 17.1 Å². The van der Waals surface area contributed by atoms with Gasteiger partial charge in [-0.1, -0.05) is 28.4 Å². The molecule has 0 saturated carbocycles. The first-order valence-corrected chi connectivity index (χ1v) is 10.5. The molecule has 0 bridgehead atoms. The van der Waals surface area contributed by atoms with E-state index < -0.39 is 10.0 Å². The van der Waals surface area contributed by atoms with Gasteiger partial charge in [-0.25, -0.2) is 8.42 Å². The van der Waals surface area contributed by atoms with E-state index in [0.29, 0.717) is 12.4 Å². The number of hydrogen-bond acceptors (Lipinski definition) is 6. The summed E-state index contributed by atoms with van der Waals surface area (Å²) in [4.78, 5) is 4.17. The number of benzene rings is 2. The minimum Gasteiger partial charge on any atom is -0.494 e. The molecule has 7 nitrogen and oxygen atoms in total. The first kappa shape index (κ1) is 20.6. The Morgan fingerprint density at radius 2 is 1.86 bits per heavy atom. The highest BCUT2D eigenvalue weighted by atomic mass is 35.5. The highest BCUT2D eigenvalue weighted by molar-refractivity contribution is 7.89. The van der Waals surface area contributed by atoms with Crippen molar-refractivity contribution in [1.29, 1.82) is 0 Å². The van der Waals surface area contributed by atoms with Crippen LogP contribution in [0, 0.1) is 0 Å². The summed E-state index contributed by atoms with van der Waals surface area (Å²) in [5.74, 6) is 1.23. The number of aromatic nitrogens is 2. The molecule has 28 heavy (non-hydrogen) atoms. The van der Waals surface area contributed by atoms with Crippen LogP contribution in [0.15, 0.2) is 51.9 Å². The molecule has 0 aliphatic rings. The summed E-state index contributed by atoms with van der Waals surface area (Å²) in [6, 6.07) is 11.4. The molecule has 0 radical (unpaired) electrons. The van der Waals surface area contributed by atoms with E-state index in [4.69, 9.17) is 32.5 Å². The van der Waals surface area contributed by atoms with Crippen molar-refractivity contribution < 1.29 is 17.7 Å². The van der Waals surface area contributed by atoms with Crippen LogP contribution in [0.25, 0.3) is 11.4 Å². The lowest BCUT2D eigenvalue weighted by Gasteiger charge is -2.16. The molecule has 1 heterocycles. The van der Waals surface area contributed by atoms with Crippen LogP contribution in [0.1, 0.15) is 12.8 Å². The van der Waals surface area contributed by atoms with Gasteiger partial charge in [0.1, 0.15) is 10.6 Å². The number of halogens is 2. The maximum Gasteiger partial charge on any atom is 0.244 e. The smallest absolute Gasteiger partial charge is 0.244 e. The topological polar surface area (TPSA) is 85.5 Å². The Bertz CT molecular complexity index is 1070. The fourth-order valence-electron chi connectivity index (χ4n) is 2.42. The Balaban J connectivity index is 1.78. The zero-order valence-electron chi connectivity index (χ0n) is 15.1. The first-order chi connectivity index (χ1) is 13.3. The molecule has 148 valence electrons. The molecule has 0 unspecified atom stereocenters. The molecule has 0 aliphatic heterocycles. The van der Waals surface area contributed by atoms with Crippen molar-refractivity contribution in [2.24, 2.45) is 0 Å². The van der Waals surface area contributed by atoms with Crippen LogP contribution in [0.4, 0.5) is 0 Å². The van der Waals surface area contributed by atoms with Crippen LogP contribution in [-0.4, -0.2) is 36.5 Å². The number of sulfonamides is 1. The van der Waals surface area contributed by atoms with E-state index in [0.717, 1.165) is 15.6 Å². The highest BCUT2D eigenvalue weighted by Gasteiger charge is 2.26. The monoisotopic (exact) mass is 441 g/mol. The molecule has 0 fully saturated rings. The van der Waals surface area contributed by atoms with Gasteiger partial charge in [0.05, 0.1) is 18.2 Å². The van der Waals surface area contributed by atoms with Crippen molar-refractivity contribution >= 4 is 33.2 Å². The minimum atomic E-state index is -3.89. The molecule has 0 N–H and O–H groups in total. The number of hydrogen-bond donors (Lipinski definition) is 0. The third kappa shape index (κ3) is 4.47. The molecule has 3 rings (SSSR count). The summed E-state index contributed by atoms with van der Waals surface area (Å²) in [6.45, 7) is 2.36. The predicted octanol–water partition coefficient (Wildman–Crippen LogP) is 4.26. The van der Waals surface area contributed by atoms with Gasteiger partial charge in [-0.3, -0.25) is 0 Å². The van der Waals surface area contributed by atoms with Gasteiger partial charge in [0.15, 0.2) is 0 Å². The van der Waals surface area contributed by atoms with Crippen molar-refractivity contribution in [1.82, 2.24) is 14.4 Å². The van der Waals surface area contributed by atoms with Gasteiger partial charge in [0.2, 0.25) is 21.7 Å². The van der Waals surface area contributed by atoms with Gasteiger partial charge < -0.3 is 9.26 Å². The first-order valence-electron chi connectivity index (χ1n) is 8.28. The molecular formula is C18H17Cl2N3O4S. The van der Waals surface area contributed by atoms with E-state index in [1.807, 2.05) is 6.92 Å². The maximum absolute atomic E-state index is 12.8. The summed E-state index contributed by atoms with van der Waals surface area (Å²) >= 11 is 11.9. The van der Waals surface area contributed by atoms with E-state index in [9.17, 15) is 8.42 Å². The molecule has 10 heteroatoms. The Morgan fingerprint density at radius 1 is 1.14 bits per heavy atom. The summed E-state index contributed by atoms with van der Waals surface area (Å²) in [5, 5.41) is 4.26. The number of ether oxygens (including phenoxy) is 1. The summed E-state index contributed by atoms with van der Waals surface area (Å²) in [5.41, 5.74) is 0.724. The molecule has 0 saturated heterocycles. The predicted molar refractivity (Wildman–Crippen MR) is 106 cm³/mol. The summed E-state index contributed by atoms with van der Waals surface area (Å²) in [7, 11) is -2.49. The van der Waals surface area contributed by atoms with Crippen molar-refractivity contribution in [2.45, 2.75) is 18.4 Å². The van der Waals surface area contributed by atoms with E-state index >= 15 is 0 Å². The van der Waals surface area contributed by atoms with Gasteiger partial charge in [0.25, 0.3) is 0 Å². The average molecular weight is 442 g/mol. The maximum atomic E-state index is 12.8. The Kier molecular flexibility index (Phi) is 6.24. The Morgan fingerprint density at radius 3 is 2.54 bits per heavy atom. The Hall–Kier alpha value is -2.13. The molecule has 0 spiro atoms. The molecule has 0 amide bonds. The lowest BCUT2D eigenvalue weighted by molar-refractivity contribution is 0.336. The minimum absolute atomic E-state index is 0.0804. The fourth-order valence-corrected chi connectivity index (χ4v) is 4.27. The van der Waals surface area contributed by atoms with Gasteiger partial charge >= 0.3 is 0 Å². The second-order valence-electron chi connectivity index (χ2n) is 5.80. The second-order valence-corrected chi connectivity index (χ2v) is 8.66. The summed E-state index contributed by atoms with van der Waals surface area (Å²) in [6.07, 6.45) is 0. The summed E-state index contributed by atoms with van der Waals surface area (Å²) < 4.78 is 37.2. The third-order valence-corrected chi connectivity index (χ3v) is 6.35. The van der Waals surface area contributed by atoms with Crippen LogP contribution in [0.2, 0.25) is 10.0 Å². The second kappa shape index (κ2) is 8.48. The van der Waals surface area contributed by atoms with Crippen molar-refractivity contribution in [3.05, 3.63) is 58.4 Å². The molecule has 1 aromatic heterocycles. The molecule has 3 aromatic rings. The highest BCUT2D eigenvalue weighted by Crippen LogP contribution is 2.28. The lowest BCUT2D eigenvalue weighted by Crippen LogP contribution is -2.27. The van der Waals surface area contributed by atoms with Gasteiger partial charge in [0, 0.05) is 17.6 Å². The SMILES string of the molecule is CCOc1ccc(-c2noc(CN(C)S(=O)(=O)c3cc(Cl)ccc3Cl)n2)cc1. The largest absolute Gasteiger partial charge is 0.494 e. The molecule has 0 atom stereocenters. The van der Waals surface area contributed by atoms with Gasteiger partial charge in [-0.2, -0.15) is 9.29 Å². The standard InChI is InChI=1S/C18H17Cl2N3O4S/c1-3-26-14-7-4-12(5-8-14)18-21-17(27-22-18)11-23(2)28(24,25)16-10-13(19)6-9-15(16)20/h4-10H,3,11H2,1-2H3. The normalized spacial score (nSPS) is 11.8. The van der Waals surface area contributed by atoms with Crippen molar-refractivity contribution in [2.75, 3.05) is 13.7 Å². The van der Waals surface area contributed by atoms with E-state index in [1.54, 1.807) is 24.3 Å². The van der Waals surface area contributed by atoms with Crippen LogP contribution < -0.4 is 4.74 Å². The van der Waals surface area contributed by atoms with Gasteiger partial charge in [-0.15, -0.1) is 0 Å². The Labute approximate surface area is 172 Å². The van der Waals surface area contributed by atoms with Crippen LogP contribution in [-0.2, 0) is 16.6 Å². The molecular weight excluding hydrogens is 425 g/mol. The quantitative estimate of drug-likeness (QED) is 0.544. The lowest BCUT2D eigenvalue weighted by atomic mass is 10.2. The van der Waals surface area contributed by atoms with Crippen LogP contribution in [0.5, 0.6) is 5.75 Å². The van der Waals surface area contributed by atoms with Crippen LogP contribution >= 0.6 is 23.2 Å². The zero-order valence-corrected chi connectivity index (χ0v) is 17.4. The van der Waals surface area contributed by atoms with Crippen molar-refractivity contribution in [3.63, 3.8) is 0 Å². The van der Waals surface area contributed by atoms with Gasteiger partial charge in [-0.05, 0) is 49.4 Å². The number of nitrogens with zero attached hydrogens (tertiary/aromatic N) is 3. The molecule has 0 aliphatic carbocycles. The fraction of sp³-hybridized carbons (Fsp3) is 0.222. The average Bonchev–Trinajstić information content (AvgIpc) is 3.13. The molecule has 2 aromatic carbocycles. The van der Waals surface area contributed by atoms with Crippen LogP contribution in [0.3, 0.4) is 0 Å². The zero-order chi connectivity index (χ0) is 20.3. The van der Waals surface area contributed by atoms with E-state index in [1.165, 1.54) is 25.2 Å².